The van der Waals surface area contributed by atoms with E-state index in [4.69, 9.17) is 0 Å². The molecule has 0 aliphatic heterocycles. The molecule has 0 spiro atoms. The van der Waals surface area contributed by atoms with E-state index < -0.39 is 0 Å². The summed E-state index contributed by atoms with van der Waals surface area (Å²) in [7, 11) is 5.97. The van der Waals surface area contributed by atoms with Gasteiger partial charge in [0.1, 0.15) is 19.5 Å². The van der Waals surface area contributed by atoms with E-state index in [2.05, 4.69) is 65.5 Å². The third-order valence-electron chi connectivity index (χ3n) is 7.04. The number of hydrogen-bond donors (Lipinski definition) is 3. The van der Waals surface area contributed by atoms with Crippen LogP contribution in [0.1, 0.15) is 29.5 Å². The van der Waals surface area contributed by atoms with E-state index in [1.807, 2.05) is 62.1 Å². The van der Waals surface area contributed by atoms with Gasteiger partial charge in [-0.1, -0.05) is 48.5 Å². The Morgan fingerprint density at radius 2 is 1.37 bits per heavy atom. The molecule has 0 heterocycles. The first-order chi connectivity index (χ1) is 19.7. The Morgan fingerprint density at radius 1 is 0.805 bits per heavy atom. The number of aromatic hydroxyl groups is 1. The predicted octanol–water partition coefficient (Wildman–Crippen LogP) is 4.49. The zero-order valence-electron chi connectivity index (χ0n) is 24.0. The SMILES string of the molecule is C=[N+](C)c1ccc(C(c2ccc(N(C)C)cc2)=c2ccc(=C(O)CCC(=O)NCCc3ccc(O)cc3)cc2)cc1. The van der Waals surface area contributed by atoms with Crippen LogP contribution in [0.25, 0.3) is 11.3 Å². The van der Waals surface area contributed by atoms with E-state index in [0.29, 0.717) is 18.2 Å². The fourth-order valence-electron chi connectivity index (χ4n) is 4.61. The molecule has 0 saturated heterocycles. The molecule has 210 valence electrons. The molecule has 4 aromatic rings. The molecule has 0 bridgehead atoms. The molecule has 0 fully saturated rings. The molecule has 0 aliphatic rings. The van der Waals surface area contributed by atoms with E-state index in [-0.39, 0.29) is 30.3 Å². The minimum atomic E-state index is -0.111. The van der Waals surface area contributed by atoms with Gasteiger partial charge in [0.2, 0.25) is 11.6 Å². The second kappa shape index (κ2) is 13.5. The largest absolute Gasteiger partial charge is 0.512 e. The van der Waals surface area contributed by atoms with Gasteiger partial charge in [0.25, 0.3) is 0 Å². The zero-order chi connectivity index (χ0) is 29.4. The number of nitrogens with zero attached hydrogens (tertiary/aromatic N) is 2. The van der Waals surface area contributed by atoms with Gasteiger partial charge in [-0.25, -0.2) is 4.58 Å². The number of amides is 1. The highest BCUT2D eigenvalue weighted by atomic mass is 16.3. The molecule has 3 N–H and O–H groups in total. The number of carbonyl (C=O) groups is 1. The van der Waals surface area contributed by atoms with Gasteiger partial charge in [-0.15, -0.1) is 0 Å². The Balaban J connectivity index is 1.53. The van der Waals surface area contributed by atoms with Crippen LogP contribution in [0, 0.1) is 0 Å². The van der Waals surface area contributed by atoms with Gasteiger partial charge in [0, 0.05) is 56.5 Å². The van der Waals surface area contributed by atoms with Gasteiger partial charge in [0.05, 0.1) is 5.76 Å². The number of carbonyl (C=O) groups excluding carboxylic acids is 1. The molecular formula is C35H38N3O3+. The first kappa shape index (κ1) is 29.2. The number of aliphatic hydroxyl groups excluding tert-OH is 1. The van der Waals surface area contributed by atoms with Crippen LogP contribution in [0.15, 0.2) is 97.1 Å². The molecule has 0 radical (unpaired) electrons. The average Bonchev–Trinajstić information content (AvgIpc) is 2.98. The standard InChI is InChI=1S/C35H37N3O3/c1-37(2)30-15-11-28(12-16-30)35(29-13-17-31(18-14-29)38(3)4)27-9-7-26(8-10-27)33(40)21-22-34(41)36-24-23-25-5-19-32(39)20-6-25/h5-20H,1,21-24H2,2-4H3,(H2-,36,39,40,41)/p+1. The lowest BCUT2D eigenvalue weighted by atomic mass is 9.94. The molecule has 6 nitrogen and oxygen atoms in total. The molecule has 6 heteroatoms. The molecule has 0 atom stereocenters. The fourth-order valence-corrected chi connectivity index (χ4v) is 4.61. The molecule has 4 rings (SSSR count). The lowest BCUT2D eigenvalue weighted by Gasteiger charge is -2.14. The van der Waals surface area contributed by atoms with E-state index in [9.17, 15) is 15.0 Å². The highest BCUT2D eigenvalue weighted by molar-refractivity contribution is 5.80. The smallest absolute Gasteiger partial charge is 0.220 e. The van der Waals surface area contributed by atoms with Crippen molar-refractivity contribution in [2.24, 2.45) is 0 Å². The molecular weight excluding hydrogens is 510 g/mol. The van der Waals surface area contributed by atoms with Crippen molar-refractivity contribution in [2.75, 3.05) is 32.6 Å². The number of nitrogens with one attached hydrogen (secondary N) is 1. The van der Waals surface area contributed by atoms with Crippen molar-refractivity contribution < 1.29 is 19.6 Å². The number of rotatable bonds is 10. The van der Waals surface area contributed by atoms with Crippen LogP contribution >= 0.6 is 0 Å². The van der Waals surface area contributed by atoms with Crippen LogP contribution in [-0.4, -0.2) is 55.1 Å². The maximum absolute atomic E-state index is 12.3. The van der Waals surface area contributed by atoms with E-state index >= 15 is 0 Å². The Bertz CT molecular complexity index is 1600. The van der Waals surface area contributed by atoms with Crippen LogP contribution < -0.4 is 20.7 Å². The van der Waals surface area contributed by atoms with Gasteiger partial charge >= 0.3 is 0 Å². The Morgan fingerprint density at radius 3 is 1.93 bits per heavy atom. The number of hydrogen-bond acceptors (Lipinski definition) is 4. The lowest BCUT2D eigenvalue weighted by molar-refractivity contribution is -0.394. The quantitative estimate of drug-likeness (QED) is 0.202. The number of phenols is 1. The minimum Gasteiger partial charge on any atom is -0.512 e. The maximum Gasteiger partial charge on any atom is 0.220 e. The Kier molecular flexibility index (Phi) is 9.59. The van der Waals surface area contributed by atoms with Crippen LogP contribution in [-0.2, 0) is 11.2 Å². The van der Waals surface area contributed by atoms with Gasteiger partial charge in [-0.3, -0.25) is 4.79 Å². The van der Waals surface area contributed by atoms with Crippen molar-refractivity contribution in [1.29, 1.82) is 0 Å². The molecule has 0 saturated carbocycles. The first-order valence-corrected chi connectivity index (χ1v) is 13.7. The van der Waals surface area contributed by atoms with Crippen molar-refractivity contribution in [3.63, 3.8) is 0 Å². The second-order valence-electron chi connectivity index (χ2n) is 10.4. The van der Waals surface area contributed by atoms with Crippen LogP contribution in [0.2, 0.25) is 0 Å². The van der Waals surface area contributed by atoms with E-state index in [1.165, 1.54) is 0 Å². The summed E-state index contributed by atoms with van der Waals surface area (Å²) in [4.78, 5) is 14.4. The van der Waals surface area contributed by atoms with Crippen LogP contribution in [0.3, 0.4) is 0 Å². The van der Waals surface area contributed by atoms with Crippen molar-refractivity contribution in [3.05, 3.63) is 124 Å². The third kappa shape index (κ3) is 7.85. The summed E-state index contributed by atoms with van der Waals surface area (Å²) in [5.41, 5.74) is 6.45. The summed E-state index contributed by atoms with van der Waals surface area (Å²) >= 11 is 0. The Labute approximate surface area is 241 Å². The summed E-state index contributed by atoms with van der Waals surface area (Å²) < 4.78 is 1.83. The van der Waals surface area contributed by atoms with E-state index in [1.54, 1.807) is 12.1 Å². The number of anilines is 1. The third-order valence-corrected chi connectivity index (χ3v) is 7.04. The van der Waals surface area contributed by atoms with Crippen LogP contribution in [0.4, 0.5) is 11.4 Å². The number of benzene rings is 4. The molecule has 0 unspecified atom stereocenters. The highest BCUT2D eigenvalue weighted by Gasteiger charge is 2.10. The topological polar surface area (TPSA) is 75.8 Å². The summed E-state index contributed by atoms with van der Waals surface area (Å²) in [5.74, 6) is 0.297. The summed E-state index contributed by atoms with van der Waals surface area (Å²) in [6, 6.07) is 31.6. The minimum absolute atomic E-state index is 0.111. The summed E-state index contributed by atoms with van der Waals surface area (Å²) in [5, 5.41) is 24.7. The molecule has 4 aromatic carbocycles. The monoisotopic (exact) mass is 548 g/mol. The van der Waals surface area contributed by atoms with Gasteiger partial charge in [-0.2, -0.15) is 0 Å². The van der Waals surface area contributed by atoms with Crippen molar-refractivity contribution in [3.8, 4) is 5.75 Å². The van der Waals surface area contributed by atoms with Gasteiger partial charge < -0.3 is 20.4 Å². The molecule has 1 amide bonds. The van der Waals surface area contributed by atoms with Crippen molar-refractivity contribution in [2.45, 2.75) is 19.3 Å². The predicted molar refractivity (Wildman–Crippen MR) is 168 cm³/mol. The summed E-state index contributed by atoms with van der Waals surface area (Å²) in [6.07, 6.45) is 1.13. The number of aliphatic hydroxyl groups is 1. The highest BCUT2D eigenvalue weighted by Crippen LogP contribution is 2.25. The van der Waals surface area contributed by atoms with Crippen LogP contribution in [0.5, 0.6) is 5.75 Å². The first-order valence-electron chi connectivity index (χ1n) is 13.7. The number of phenolic OH excluding ortho intramolecular Hbond substituents is 1. The van der Waals surface area contributed by atoms with Crippen molar-refractivity contribution in [1.82, 2.24) is 5.32 Å². The van der Waals surface area contributed by atoms with Gasteiger partial charge in [0.15, 0.2) is 0 Å². The molecule has 41 heavy (non-hydrogen) atoms. The lowest BCUT2D eigenvalue weighted by Crippen LogP contribution is -2.25. The Hall–Kier alpha value is -4.84. The molecule has 0 aliphatic carbocycles. The fraction of sp³-hybridized carbons (Fsp3) is 0.200. The summed E-state index contributed by atoms with van der Waals surface area (Å²) in [6.45, 7) is 4.47. The maximum atomic E-state index is 12.3. The second-order valence-corrected chi connectivity index (χ2v) is 10.4. The normalized spacial score (nSPS) is 10.6. The van der Waals surface area contributed by atoms with Crippen molar-refractivity contribution >= 4 is 35.3 Å². The molecule has 0 aromatic heterocycles. The van der Waals surface area contributed by atoms with Gasteiger partial charge in [-0.05, 0) is 70.3 Å². The van der Waals surface area contributed by atoms with E-state index in [0.717, 1.165) is 38.9 Å². The average molecular weight is 549 g/mol. The zero-order valence-corrected chi connectivity index (χ0v) is 24.0.